The molecule has 82 valence electrons. The molecule has 16 heavy (non-hydrogen) atoms. The maximum absolute atomic E-state index is 6.11. The third-order valence-corrected chi connectivity index (χ3v) is 3.14. The van der Waals surface area contributed by atoms with E-state index >= 15 is 0 Å². The predicted molar refractivity (Wildman–Crippen MR) is 66.0 cm³/mol. The lowest BCUT2D eigenvalue weighted by atomic mass is 9.74. The number of hydrogen-bond acceptors (Lipinski definition) is 1. The van der Waals surface area contributed by atoms with Crippen LogP contribution in [0.1, 0.15) is 39.0 Å². The van der Waals surface area contributed by atoms with Crippen molar-refractivity contribution in [1.82, 2.24) is 0 Å². The number of fused-ring (bicyclic) bond motifs is 1. The molecule has 0 heterocycles. The Labute approximate surface area is 98.2 Å². The molecular weight excluding hydrogens is 194 g/mol. The lowest BCUT2D eigenvalue weighted by Crippen LogP contribution is -2.35. The van der Waals surface area contributed by atoms with Gasteiger partial charge in [-0.25, -0.2) is 0 Å². The van der Waals surface area contributed by atoms with Crippen LogP contribution < -0.4 is 5.73 Å². The van der Waals surface area contributed by atoms with E-state index in [0.717, 1.165) is 6.42 Å². The minimum atomic E-state index is -0.272. The third-order valence-electron chi connectivity index (χ3n) is 3.14. The highest BCUT2D eigenvalue weighted by molar-refractivity contribution is 5.22. The fourth-order valence-electron chi connectivity index (χ4n) is 1.85. The molecule has 1 fully saturated rings. The molecule has 2 aliphatic rings. The summed E-state index contributed by atoms with van der Waals surface area (Å²) in [5.41, 5.74) is 5.84. The van der Waals surface area contributed by atoms with Crippen LogP contribution in [0.4, 0.5) is 0 Å². The van der Waals surface area contributed by atoms with Crippen molar-refractivity contribution in [3.63, 3.8) is 0 Å². The first-order chi connectivity index (χ1) is 7.67. The van der Waals surface area contributed by atoms with E-state index in [1.807, 2.05) is 6.92 Å². The molecule has 0 amide bonds. The Balaban J connectivity index is 2.13. The van der Waals surface area contributed by atoms with Crippen molar-refractivity contribution in [2.24, 2.45) is 17.6 Å². The smallest absolute Gasteiger partial charge is 0.0702 e. The average Bonchev–Trinajstić information content (AvgIpc) is 2.20. The fourth-order valence-corrected chi connectivity index (χ4v) is 1.85. The Hall–Kier alpha value is -1.36. The maximum Gasteiger partial charge on any atom is 0.0702 e. The standard InChI is InChI=1S/C15H17N/c1-15(16)11-5-3-2-4-7-13-9-10-14(13)8-6-12-15/h13-14H,2,9-12,16H2,1H3/t13?,14?,15-/m0/s1. The zero-order valence-corrected chi connectivity index (χ0v) is 9.77. The Kier molecular flexibility index (Phi) is 3.24. The maximum atomic E-state index is 6.11. The zero-order chi connectivity index (χ0) is 11.4. The Morgan fingerprint density at radius 1 is 0.938 bits per heavy atom. The van der Waals surface area contributed by atoms with Gasteiger partial charge in [-0.1, -0.05) is 23.7 Å². The quantitative estimate of drug-likeness (QED) is 0.609. The van der Waals surface area contributed by atoms with Gasteiger partial charge in [0.1, 0.15) is 0 Å². The first-order valence-corrected chi connectivity index (χ1v) is 5.89. The molecule has 2 rings (SSSR count). The van der Waals surface area contributed by atoms with Gasteiger partial charge in [0.15, 0.2) is 0 Å². The van der Waals surface area contributed by atoms with Crippen molar-refractivity contribution < 1.29 is 0 Å². The van der Waals surface area contributed by atoms with Crippen LogP contribution in [0.3, 0.4) is 0 Å². The molecule has 0 spiro atoms. The highest BCUT2D eigenvalue weighted by Gasteiger charge is 2.27. The molecule has 0 radical (unpaired) electrons. The summed E-state index contributed by atoms with van der Waals surface area (Å²) in [5, 5.41) is 0. The van der Waals surface area contributed by atoms with Crippen molar-refractivity contribution in [3.8, 4) is 35.5 Å². The third kappa shape index (κ3) is 2.82. The number of hydrogen-bond donors (Lipinski definition) is 1. The van der Waals surface area contributed by atoms with E-state index in [1.165, 1.54) is 12.8 Å². The normalized spacial score (nSPS) is 36.4. The van der Waals surface area contributed by atoms with E-state index in [2.05, 4.69) is 35.5 Å². The van der Waals surface area contributed by atoms with E-state index in [0.29, 0.717) is 24.7 Å². The summed E-state index contributed by atoms with van der Waals surface area (Å²) in [6.07, 6.45) is 4.50. The second-order valence-electron chi connectivity index (χ2n) is 4.97. The summed E-state index contributed by atoms with van der Waals surface area (Å²) in [5.74, 6) is 20.1. The van der Waals surface area contributed by atoms with Crippen LogP contribution in [0.2, 0.25) is 0 Å². The molecule has 1 saturated carbocycles. The molecule has 0 saturated heterocycles. The first kappa shape index (κ1) is 11.1. The highest BCUT2D eigenvalue weighted by Crippen LogP contribution is 2.33. The van der Waals surface area contributed by atoms with Crippen LogP contribution in [0, 0.1) is 47.4 Å². The first-order valence-electron chi connectivity index (χ1n) is 5.89. The molecule has 2 aliphatic carbocycles. The van der Waals surface area contributed by atoms with Crippen molar-refractivity contribution in [3.05, 3.63) is 0 Å². The van der Waals surface area contributed by atoms with Crippen molar-refractivity contribution in [2.45, 2.75) is 44.6 Å². The van der Waals surface area contributed by atoms with Gasteiger partial charge in [0.05, 0.1) is 6.42 Å². The van der Waals surface area contributed by atoms with Crippen molar-refractivity contribution in [2.75, 3.05) is 0 Å². The minimum Gasteiger partial charge on any atom is -0.324 e. The summed E-state index contributed by atoms with van der Waals surface area (Å²) < 4.78 is 0. The van der Waals surface area contributed by atoms with E-state index in [-0.39, 0.29) is 5.54 Å². The molecule has 1 heteroatoms. The van der Waals surface area contributed by atoms with E-state index in [9.17, 15) is 0 Å². The molecule has 3 atom stereocenters. The van der Waals surface area contributed by atoms with Gasteiger partial charge in [0.25, 0.3) is 0 Å². The van der Waals surface area contributed by atoms with Gasteiger partial charge in [0, 0.05) is 30.2 Å². The molecular formula is C15H17N. The summed E-state index contributed by atoms with van der Waals surface area (Å²) >= 11 is 0. The van der Waals surface area contributed by atoms with Crippen LogP contribution in [0.5, 0.6) is 0 Å². The predicted octanol–water partition coefficient (Wildman–Crippen LogP) is 1.92. The van der Waals surface area contributed by atoms with Gasteiger partial charge in [-0.15, -0.1) is 11.8 Å². The fraction of sp³-hybridized carbons (Fsp3) is 0.600. The zero-order valence-electron chi connectivity index (χ0n) is 9.77. The molecule has 0 aliphatic heterocycles. The topological polar surface area (TPSA) is 26.0 Å². The van der Waals surface area contributed by atoms with E-state index in [1.54, 1.807) is 0 Å². The van der Waals surface area contributed by atoms with Gasteiger partial charge in [0.2, 0.25) is 0 Å². The average molecular weight is 211 g/mol. The summed E-state index contributed by atoms with van der Waals surface area (Å²) in [6.45, 7) is 2.02. The van der Waals surface area contributed by atoms with Crippen LogP contribution in [0.25, 0.3) is 0 Å². The molecule has 0 aromatic carbocycles. The summed E-state index contributed by atoms with van der Waals surface area (Å²) in [6, 6.07) is 0. The van der Waals surface area contributed by atoms with Crippen LogP contribution in [-0.2, 0) is 0 Å². The number of nitrogens with two attached hydrogens (primary N) is 1. The van der Waals surface area contributed by atoms with Gasteiger partial charge in [-0.2, -0.15) is 0 Å². The SMILES string of the molecule is C[C@]1(N)CC#CCC#CC2CCC2C#CC1. The Morgan fingerprint density at radius 3 is 2.25 bits per heavy atom. The number of rotatable bonds is 0. The van der Waals surface area contributed by atoms with Gasteiger partial charge < -0.3 is 5.73 Å². The van der Waals surface area contributed by atoms with Crippen molar-refractivity contribution in [1.29, 1.82) is 0 Å². The second kappa shape index (κ2) is 4.65. The molecule has 2 N–H and O–H groups in total. The largest absolute Gasteiger partial charge is 0.324 e. The monoisotopic (exact) mass is 211 g/mol. The highest BCUT2D eigenvalue weighted by atomic mass is 14.7. The molecule has 2 unspecified atom stereocenters. The van der Waals surface area contributed by atoms with Crippen molar-refractivity contribution >= 4 is 0 Å². The molecule has 0 bridgehead atoms. The van der Waals surface area contributed by atoms with Crippen LogP contribution >= 0.6 is 0 Å². The molecule has 0 aromatic rings. The molecule has 1 nitrogen and oxygen atoms in total. The minimum absolute atomic E-state index is 0.272. The van der Waals surface area contributed by atoms with E-state index in [4.69, 9.17) is 5.73 Å². The second-order valence-corrected chi connectivity index (χ2v) is 4.97. The Bertz CT molecular complexity index is 439. The molecule has 0 aromatic heterocycles. The lowest BCUT2D eigenvalue weighted by molar-refractivity contribution is 0.309. The van der Waals surface area contributed by atoms with Gasteiger partial charge in [-0.3, -0.25) is 0 Å². The van der Waals surface area contributed by atoms with Crippen LogP contribution in [-0.4, -0.2) is 5.54 Å². The van der Waals surface area contributed by atoms with Gasteiger partial charge in [-0.05, 0) is 19.8 Å². The van der Waals surface area contributed by atoms with Crippen LogP contribution in [0.15, 0.2) is 0 Å². The van der Waals surface area contributed by atoms with E-state index < -0.39 is 0 Å². The summed E-state index contributed by atoms with van der Waals surface area (Å²) in [4.78, 5) is 0. The van der Waals surface area contributed by atoms with Gasteiger partial charge >= 0.3 is 0 Å². The lowest BCUT2D eigenvalue weighted by Gasteiger charge is -2.28. The summed E-state index contributed by atoms with van der Waals surface area (Å²) in [7, 11) is 0. The Morgan fingerprint density at radius 2 is 1.56 bits per heavy atom.